The quantitative estimate of drug-likeness (QED) is 0.774. The molecule has 1 aromatic carbocycles. The van der Waals surface area contributed by atoms with Gasteiger partial charge >= 0.3 is 0 Å². The summed E-state index contributed by atoms with van der Waals surface area (Å²) in [6.45, 7) is 7.80. The first-order chi connectivity index (χ1) is 11.2. The van der Waals surface area contributed by atoms with Crippen LogP contribution in [0.5, 0.6) is 5.75 Å². The van der Waals surface area contributed by atoms with Crippen LogP contribution in [0.25, 0.3) is 0 Å². The molecular weight excluding hydrogens is 288 g/mol. The average molecular weight is 318 g/mol. The fraction of sp³-hybridized carbons (Fsp3) is 0.632. The molecule has 0 aromatic heterocycles. The molecule has 2 N–H and O–H groups in total. The number of amides is 1. The smallest absolute Gasteiger partial charge is 0.220 e. The van der Waals surface area contributed by atoms with Gasteiger partial charge in [0, 0.05) is 13.0 Å². The number of nitrogens with one attached hydrogen (secondary N) is 2. The zero-order valence-corrected chi connectivity index (χ0v) is 14.4. The highest BCUT2D eigenvalue weighted by molar-refractivity contribution is 5.76. The van der Waals surface area contributed by atoms with E-state index in [1.165, 1.54) is 12.8 Å². The predicted octanol–water partition coefficient (Wildman–Crippen LogP) is 3.12. The van der Waals surface area contributed by atoms with Gasteiger partial charge in [0.1, 0.15) is 5.75 Å². The van der Waals surface area contributed by atoms with Gasteiger partial charge in [0.05, 0.1) is 6.61 Å². The van der Waals surface area contributed by atoms with Crippen LogP contribution in [0.15, 0.2) is 24.3 Å². The normalized spacial score (nSPS) is 16.8. The number of carbonyl (C=O) groups excluding carboxylic acids is 1. The number of carbonyl (C=O) groups is 1. The fourth-order valence-corrected chi connectivity index (χ4v) is 3.07. The number of rotatable bonds is 8. The van der Waals surface area contributed by atoms with Crippen molar-refractivity contribution in [1.29, 1.82) is 0 Å². The molecular formula is C19H30N2O2. The van der Waals surface area contributed by atoms with Crippen LogP contribution >= 0.6 is 0 Å². The summed E-state index contributed by atoms with van der Waals surface area (Å²) in [4.78, 5) is 12.1. The molecule has 128 valence electrons. The first-order valence-electron chi connectivity index (χ1n) is 8.88. The molecule has 1 aromatic rings. The fourth-order valence-electron chi connectivity index (χ4n) is 3.07. The van der Waals surface area contributed by atoms with Crippen molar-refractivity contribution in [3.63, 3.8) is 0 Å². The Morgan fingerprint density at radius 3 is 2.65 bits per heavy atom. The summed E-state index contributed by atoms with van der Waals surface area (Å²) >= 11 is 0. The summed E-state index contributed by atoms with van der Waals surface area (Å²) in [5.74, 6) is 2.18. The van der Waals surface area contributed by atoms with E-state index in [4.69, 9.17) is 4.74 Å². The maximum absolute atomic E-state index is 12.1. The third-order valence-electron chi connectivity index (χ3n) is 4.58. The second kappa shape index (κ2) is 9.56. The van der Waals surface area contributed by atoms with E-state index in [0.29, 0.717) is 24.8 Å². The van der Waals surface area contributed by atoms with Crippen molar-refractivity contribution in [2.45, 2.75) is 46.1 Å². The lowest BCUT2D eigenvalue weighted by Gasteiger charge is -2.27. The van der Waals surface area contributed by atoms with E-state index in [9.17, 15) is 4.79 Å². The summed E-state index contributed by atoms with van der Waals surface area (Å²) in [6, 6.07) is 7.96. The first kappa shape index (κ1) is 17.8. The van der Waals surface area contributed by atoms with Gasteiger partial charge in [-0.15, -0.1) is 0 Å². The Hall–Kier alpha value is -1.55. The molecule has 1 aliphatic heterocycles. The van der Waals surface area contributed by atoms with Crippen molar-refractivity contribution in [3.8, 4) is 5.75 Å². The molecule has 0 bridgehead atoms. The Morgan fingerprint density at radius 2 is 2.00 bits per heavy atom. The molecule has 4 nitrogen and oxygen atoms in total. The molecule has 2 rings (SSSR count). The summed E-state index contributed by atoms with van der Waals surface area (Å²) in [5.41, 5.74) is 1.11. The highest BCUT2D eigenvalue weighted by atomic mass is 16.5. The molecule has 1 fully saturated rings. The van der Waals surface area contributed by atoms with Gasteiger partial charge in [0.15, 0.2) is 0 Å². The zero-order chi connectivity index (χ0) is 16.5. The standard InChI is InChI=1S/C19H30N2O2/c1-3-12-23-18-6-4-16(5-7-18)14-21-19(22)13-15(2)17-8-10-20-11-9-17/h4-7,15,17,20H,3,8-14H2,1-2H3,(H,21,22). The number of piperidine rings is 1. The van der Waals surface area contributed by atoms with Crippen LogP contribution in [0.4, 0.5) is 0 Å². The van der Waals surface area contributed by atoms with Gasteiger partial charge in [-0.3, -0.25) is 4.79 Å². The van der Waals surface area contributed by atoms with Crippen molar-refractivity contribution < 1.29 is 9.53 Å². The van der Waals surface area contributed by atoms with Gasteiger partial charge in [0.25, 0.3) is 0 Å². The largest absolute Gasteiger partial charge is 0.494 e. The van der Waals surface area contributed by atoms with Crippen LogP contribution < -0.4 is 15.4 Å². The summed E-state index contributed by atoms with van der Waals surface area (Å²) in [5, 5.41) is 6.41. The average Bonchev–Trinajstić information content (AvgIpc) is 2.59. The Bertz CT molecular complexity index is 467. The number of hydrogen-bond acceptors (Lipinski definition) is 3. The molecule has 1 saturated heterocycles. The zero-order valence-electron chi connectivity index (χ0n) is 14.4. The van der Waals surface area contributed by atoms with E-state index in [0.717, 1.165) is 37.4 Å². The van der Waals surface area contributed by atoms with Gasteiger partial charge in [-0.05, 0) is 61.9 Å². The maximum atomic E-state index is 12.1. The van der Waals surface area contributed by atoms with E-state index in [2.05, 4.69) is 24.5 Å². The SMILES string of the molecule is CCCOc1ccc(CNC(=O)CC(C)C2CCNCC2)cc1. The van der Waals surface area contributed by atoms with Crippen LogP contribution in [-0.4, -0.2) is 25.6 Å². The van der Waals surface area contributed by atoms with Crippen LogP contribution in [0.2, 0.25) is 0 Å². The lowest BCUT2D eigenvalue weighted by Crippen LogP contribution is -2.33. The van der Waals surface area contributed by atoms with Gasteiger partial charge in [0.2, 0.25) is 5.91 Å². The minimum absolute atomic E-state index is 0.155. The summed E-state index contributed by atoms with van der Waals surface area (Å²) in [7, 11) is 0. The molecule has 0 saturated carbocycles. The molecule has 1 heterocycles. The Labute approximate surface area is 140 Å². The Balaban J connectivity index is 1.71. The van der Waals surface area contributed by atoms with Crippen molar-refractivity contribution in [2.75, 3.05) is 19.7 Å². The Morgan fingerprint density at radius 1 is 1.30 bits per heavy atom. The van der Waals surface area contributed by atoms with E-state index in [1.54, 1.807) is 0 Å². The third kappa shape index (κ3) is 6.22. The number of ether oxygens (including phenoxy) is 1. The number of benzene rings is 1. The minimum atomic E-state index is 0.155. The summed E-state index contributed by atoms with van der Waals surface area (Å²) in [6.07, 6.45) is 4.01. The van der Waals surface area contributed by atoms with Gasteiger partial charge < -0.3 is 15.4 Å². The molecule has 0 spiro atoms. The molecule has 0 aliphatic carbocycles. The van der Waals surface area contributed by atoms with Gasteiger partial charge in [-0.25, -0.2) is 0 Å². The van der Waals surface area contributed by atoms with Crippen LogP contribution in [0.3, 0.4) is 0 Å². The second-order valence-electron chi connectivity index (χ2n) is 6.54. The lowest BCUT2D eigenvalue weighted by atomic mass is 9.84. The van der Waals surface area contributed by atoms with Crippen molar-refractivity contribution in [3.05, 3.63) is 29.8 Å². The van der Waals surface area contributed by atoms with Gasteiger partial charge in [-0.2, -0.15) is 0 Å². The third-order valence-corrected chi connectivity index (χ3v) is 4.58. The van der Waals surface area contributed by atoms with E-state index < -0.39 is 0 Å². The lowest BCUT2D eigenvalue weighted by molar-refractivity contribution is -0.122. The monoisotopic (exact) mass is 318 g/mol. The molecule has 4 heteroatoms. The molecule has 1 amide bonds. The topological polar surface area (TPSA) is 50.4 Å². The van der Waals surface area contributed by atoms with Crippen LogP contribution in [0.1, 0.15) is 45.1 Å². The minimum Gasteiger partial charge on any atom is -0.494 e. The van der Waals surface area contributed by atoms with E-state index in [1.807, 2.05) is 24.3 Å². The molecule has 1 unspecified atom stereocenters. The first-order valence-corrected chi connectivity index (χ1v) is 8.88. The van der Waals surface area contributed by atoms with E-state index in [-0.39, 0.29) is 5.91 Å². The summed E-state index contributed by atoms with van der Waals surface area (Å²) < 4.78 is 5.56. The highest BCUT2D eigenvalue weighted by Gasteiger charge is 2.21. The van der Waals surface area contributed by atoms with Crippen LogP contribution in [-0.2, 0) is 11.3 Å². The molecule has 23 heavy (non-hydrogen) atoms. The maximum Gasteiger partial charge on any atom is 0.220 e. The molecule has 0 radical (unpaired) electrons. The van der Waals surface area contributed by atoms with Crippen molar-refractivity contribution in [1.82, 2.24) is 10.6 Å². The Kier molecular flexibility index (Phi) is 7.40. The van der Waals surface area contributed by atoms with Crippen molar-refractivity contribution >= 4 is 5.91 Å². The van der Waals surface area contributed by atoms with Gasteiger partial charge in [-0.1, -0.05) is 26.0 Å². The van der Waals surface area contributed by atoms with Crippen LogP contribution in [0, 0.1) is 11.8 Å². The number of hydrogen-bond donors (Lipinski definition) is 2. The molecule has 1 aliphatic rings. The van der Waals surface area contributed by atoms with Crippen molar-refractivity contribution in [2.24, 2.45) is 11.8 Å². The highest BCUT2D eigenvalue weighted by Crippen LogP contribution is 2.24. The predicted molar refractivity (Wildman–Crippen MR) is 93.4 cm³/mol. The second-order valence-corrected chi connectivity index (χ2v) is 6.54. The molecule has 1 atom stereocenters. The van der Waals surface area contributed by atoms with E-state index >= 15 is 0 Å².